The molecule has 0 aromatic carbocycles. The number of hydrogen-bond donors (Lipinski definition) is 2. The molecule has 13 heavy (non-hydrogen) atoms. The Labute approximate surface area is 79.5 Å². The van der Waals surface area contributed by atoms with Gasteiger partial charge in [-0.15, -0.1) is 9.67 Å². The summed E-state index contributed by atoms with van der Waals surface area (Å²) in [5.74, 6) is 0.789. The average Bonchev–Trinajstić information content (AvgIpc) is 2.71. The minimum Gasteiger partial charge on any atom is -0.293 e. The Morgan fingerprint density at radius 2 is 2.54 bits per heavy atom. The van der Waals surface area contributed by atoms with Crippen LogP contribution < -0.4 is 10.00 Å². The maximum Gasteiger partial charge on any atom is 0.371 e. The standard InChI is InChI=1S/C7H9N5S/c1-2-8-6-10-5-11-12(6)7-9-3-4-13-7/h3-5H,2H2,1H3,(H,8,10,11)/p+1. The second-order valence-corrected chi connectivity index (χ2v) is 3.26. The van der Waals surface area contributed by atoms with Crippen LogP contribution in [0.5, 0.6) is 0 Å². The topological polar surface area (TPSA) is 57.5 Å². The first-order chi connectivity index (χ1) is 6.42. The largest absolute Gasteiger partial charge is 0.371 e. The van der Waals surface area contributed by atoms with Gasteiger partial charge in [-0.3, -0.25) is 5.32 Å². The molecule has 2 aromatic heterocycles. The van der Waals surface area contributed by atoms with Gasteiger partial charge in [-0.2, -0.15) is 0 Å². The van der Waals surface area contributed by atoms with Crippen molar-refractivity contribution in [3.63, 3.8) is 0 Å². The van der Waals surface area contributed by atoms with Gasteiger partial charge in [0, 0.05) is 11.9 Å². The van der Waals surface area contributed by atoms with Crippen LogP contribution in [0.1, 0.15) is 6.92 Å². The molecule has 2 rings (SSSR count). The summed E-state index contributed by atoms with van der Waals surface area (Å²) < 4.78 is 1.81. The summed E-state index contributed by atoms with van der Waals surface area (Å²) in [5, 5.41) is 8.93. The first-order valence-corrected chi connectivity index (χ1v) is 4.89. The SMILES string of the molecule is CCNc1nc[nH][n+]1-c1nccs1. The van der Waals surface area contributed by atoms with E-state index in [4.69, 9.17) is 0 Å². The molecule has 0 radical (unpaired) electrons. The maximum atomic E-state index is 4.17. The van der Waals surface area contributed by atoms with Crippen LogP contribution in [0.2, 0.25) is 0 Å². The van der Waals surface area contributed by atoms with E-state index in [2.05, 4.69) is 20.4 Å². The molecule has 0 fully saturated rings. The van der Waals surface area contributed by atoms with E-state index in [9.17, 15) is 0 Å². The summed E-state index contributed by atoms with van der Waals surface area (Å²) in [6.45, 7) is 2.87. The fourth-order valence-corrected chi connectivity index (χ4v) is 1.63. The van der Waals surface area contributed by atoms with Crippen LogP contribution in [0, 0.1) is 0 Å². The Morgan fingerprint density at radius 1 is 1.62 bits per heavy atom. The Bertz CT molecular complexity index is 366. The van der Waals surface area contributed by atoms with Crippen LogP contribution in [0.4, 0.5) is 5.95 Å². The highest BCUT2D eigenvalue weighted by atomic mass is 32.1. The lowest BCUT2D eigenvalue weighted by atomic mass is 10.7. The third-order valence-electron chi connectivity index (χ3n) is 1.53. The van der Waals surface area contributed by atoms with E-state index in [1.54, 1.807) is 23.9 Å². The van der Waals surface area contributed by atoms with Crippen molar-refractivity contribution < 1.29 is 4.68 Å². The highest BCUT2D eigenvalue weighted by Gasteiger charge is 2.13. The summed E-state index contributed by atoms with van der Waals surface area (Å²) in [6, 6.07) is 0. The number of H-pyrrole nitrogens is 1. The van der Waals surface area contributed by atoms with Crippen molar-refractivity contribution in [1.29, 1.82) is 0 Å². The third kappa shape index (κ3) is 1.52. The predicted octanol–water partition coefficient (Wildman–Crippen LogP) is 0.575. The summed E-state index contributed by atoms with van der Waals surface area (Å²) in [5.41, 5.74) is 0. The molecule has 0 bridgehead atoms. The highest BCUT2D eigenvalue weighted by molar-refractivity contribution is 7.11. The Morgan fingerprint density at radius 3 is 3.23 bits per heavy atom. The number of rotatable bonds is 3. The van der Waals surface area contributed by atoms with Gasteiger partial charge in [0.25, 0.3) is 0 Å². The van der Waals surface area contributed by atoms with E-state index in [0.29, 0.717) is 0 Å². The van der Waals surface area contributed by atoms with Crippen molar-refractivity contribution in [3.8, 4) is 5.13 Å². The summed E-state index contributed by atoms with van der Waals surface area (Å²) in [7, 11) is 0. The number of anilines is 1. The highest BCUT2D eigenvalue weighted by Crippen LogP contribution is 2.04. The molecular weight excluding hydrogens is 186 g/mol. The van der Waals surface area contributed by atoms with Crippen molar-refractivity contribution >= 4 is 17.3 Å². The molecule has 0 aliphatic carbocycles. The molecular formula is C7H10N5S+. The van der Waals surface area contributed by atoms with Gasteiger partial charge in [0.2, 0.25) is 0 Å². The fourth-order valence-electron chi connectivity index (χ4n) is 1.02. The van der Waals surface area contributed by atoms with Gasteiger partial charge in [0.05, 0.1) is 6.20 Å². The van der Waals surface area contributed by atoms with E-state index >= 15 is 0 Å². The third-order valence-corrected chi connectivity index (χ3v) is 2.29. The smallest absolute Gasteiger partial charge is 0.293 e. The monoisotopic (exact) mass is 196 g/mol. The van der Waals surface area contributed by atoms with Crippen molar-refractivity contribution in [3.05, 3.63) is 17.9 Å². The molecule has 2 N–H and O–H groups in total. The number of aromatic amines is 1. The molecule has 0 saturated carbocycles. The van der Waals surface area contributed by atoms with Crippen LogP contribution in [0.15, 0.2) is 17.9 Å². The second-order valence-electron chi connectivity index (χ2n) is 2.39. The summed E-state index contributed by atoms with van der Waals surface area (Å²) in [6.07, 6.45) is 3.41. The molecule has 5 nitrogen and oxygen atoms in total. The lowest BCUT2D eigenvalue weighted by Crippen LogP contribution is -2.35. The Kier molecular flexibility index (Phi) is 2.22. The van der Waals surface area contributed by atoms with E-state index in [-0.39, 0.29) is 0 Å². The van der Waals surface area contributed by atoms with Gasteiger partial charge in [-0.05, 0) is 6.92 Å². The number of aromatic nitrogens is 4. The van der Waals surface area contributed by atoms with Crippen LogP contribution in [0.3, 0.4) is 0 Å². The van der Waals surface area contributed by atoms with Gasteiger partial charge < -0.3 is 0 Å². The molecule has 2 aromatic rings. The quantitative estimate of drug-likeness (QED) is 0.706. The molecule has 0 amide bonds. The molecule has 0 spiro atoms. The van der Waals surface area contributed by atoms with E-state index in [1.807, 2.05) is 17.0 Å². The van der Waals surface area contributed by atoms with Gasteiger partial charge >= 0.3 is 11.1 Å². The van der Waals surface area contributed by atoms with Crippen molar-refractivity contribution in [1.82, 2.24) is 15.1 Å². The number of nitrogens with one attached hydrogen (secondary N) is 2. The minimum atomic E-state index is 0.789. The Hall–Kier alpha value is -1.43. The van der Waals surface area contributed by atoms with E-state index in [0.717, 1.165) is 17.6 Å². The van der Waals surface area contributed by atoms with Crippen LogP contribution in [0.25, 0.3) is 5.13 Å². The molecule has 2 heterocycles. The maximum absolute atomic E-state index is 4.17. The molecule has 68 valence electrons. The van der Waals surface area contributed by atoms with Crippen molar-refractivity contribution in [2.45, 2.75) is 6.92 Å². The van der Waals surface area contributed by atoms with E-state index < -0.39 is 0 Å². The molecule has 0 unspecified atom stereocenters. The van der Waals surface area contributed by atoms with Gasteiger partial charge in [0.15, 0.2) is 6.33 Å². The lowest BCUT2D eigenvalue weighted by Gasteiger charge is -1.94. The zero-order chi connectivity index (χ0) is 9.10. The zero-order valence-corrected chi connectivity index (χ0v) is 8.01. The van der Waals surface area contributed by atoms with E-state index in [1.165, 1.54) is 0 Å². The second kappa shape index (κ2) is 3.53. The first-order valence-electron chi connectivity index (χ1n) is 4.01. The number of hydrogen-bond acceptors (Lipinski definition) is 4. The molecule has 0 atom stereocenters. The number of thiazole rings is 1. The van der Waals surface area contributed by atoms with Gasteiger partial charge in [-0.25, -0.2) is 5.10 Å². The minimum absolute atomic E-state index is 0.789. The summed E-state index contributed by atoms with van der Waals surface area (Å²) in [4.78, 5) is 8.30. The molecule has 0 aliphatic rings. The van der Waals surface area contributed by atoms with Crippen LogP contribution in [-0.2, 0) is 0 Å². The fraction of sp³-hybridized carbons (Fsp3) is 0.286. The van der Waals surface area contributed by atoms with Crippen molar-refractivity contribution in [2.24, 2.45) is 0 Å². The van der Waals surface area contributed by atoms with Gasteiger partial charge in [0.1, 0.15) is 0 Å². The number of nitrogens with zero attached hydrogens (tertiary/aromatic N) is 3. The van der Waals surface area contributed by atoms with Crippen LogP contribution >= 0.6 is 11.3 Å². The summed E-state index contributed by atoms with van der Waals surface area (Å²) >= 11 is 1.56. The lowest BCUT2D eigenvalue weighted by molar-refractivity contribution is -0.642. The predicted molar refractivity (Wildman–Crippen MR) is 50.0 cm³/mol. The first kappa shape index (κ1) is 8.18. The van der Waals surface area contributed by atoms with Gasteiger partial charge in [-0.1, -0.05) is 16.3 Å². The molecule has 6 heteroatoms. The van der Waals surface area contributed by atoms with Crippen LogP contribution in [-0.4, -0.2) is 21.6 Å². The Balaban J connectivity index is 2.35. The molecule has 0 saturated heterocycles. The molecule has 0 aliphatic heterocycles. The average molecular weight is 196 g/mol. The van der Waals surface area contributed by atoms with Crippen molar-refractivity contribution in [2.75, 3.05) is 11.9 Å². The normalized spacial score (nSPS) is 10.2. The zero-order valence-electron chi connectivity index (χ0n) is 7.19.